The zero-order chi connectivity index (χ0) is 18.1. The number of benzene rings is 1. The minimum absolute atomic E-state index is 0.214. The Balaban J connectivity index is 1.61. The maximum atomic E-state index is 13.5. The maximum absolute atomic E-state index is 13.5. The summed E-state index contributed by atoms with van der Waals surface area (Å²) in [6.45, 7) is 1.75. The van der Waals surface area contributed by atoms with E-state index in [-0.39, 0.29) is 5.82 Å². The Bertz CT molecular complexity index is 914. The number of hydrogen-bond donors (Lipinski definition) is 3. The van der Waals surface area contributed by atoms with E-state index in [4.69, 9.17) is 5.73 Å². The van der Waals surface area contributed by atoms with E-state index in [1.165, 1.54) is 6.07 Å². The van der Waals surface area contributed by atoms with Gasteiger partial charge in [0.25, 0.3) is 0 Å². The molecule has 0 bridgehead atoms. The molecule has 1 aliphatic carbocycles. The van der Waals surface area contributed by atoms with Crippen LogP contribution in [0, 0.1) is 12.7 Å². The quantitative estimate of drug-likeness (QED) is 0.667. The van der Waals surface area contributed by atoms with Gasteiger partial charge in [0, 0.05) is 36.2 Å². The fourth-order valence-electron chi connectivity index (χ4n) is 3.43. The summed E-state index contributed by atoms with van der Waals surface area (Å²) >= 11 is 0. The lowest BCUT2D eigenvalue weighted by Crippen LogP contribution is -2.33. The molecule has 0 amide bonds. The average Bonchev–Trinajstić information content (AvgIpc) is 3.09. The molecule has 7 heteroatoms. The van der Waals surface area contributed by atoms with E-state index in [0.717, 1.165) is 48.5 Å². The van der Waals surface area contributed by atoms with Crippen LogP contribution in [-0.2, 0) is 0 Å². The zero-order valence-electron chi connectivity index (χ0n) is 14.7. The SMILES string of the molecule is Cc1cc(Nc2cc(NC3CCC(N)CC3)nn3ccnc23)ccc1F. The number of nitrogens with zero attached hydrogens (tertiary/aromatic N) is 3. The molecular weight excluding hydrogens is 331 g/mol. The number of nitrogens with one attached hydrogen (secondary N) is 2. The van der Waals surface area contributed by atoms with Crippen molar-refractivity contribution >= 4 is 22.8 Å². The molecule has 1 fully saturated rings. The Labute approximate surface area is 151 Å². The zero-order valence-corrected chi connectivity index (χ0v) is 14.7. The van der Waals surface area contributed by atoms with Crippen LogP contribution in [0.15, 0.2) is 36.7 Å². The minimum Gasteiger partial charge on any atom is -0.366 e. The summed E-state index contributed by atoms with van der Waals surface area (Å²) in [4.78, 5) is 4.37. The number of imidazole rings is 1. The van der Waals surface area contributed by atoms with Gasteiger partial charge in [0.1, 0.15) is 11.6 Å². The number of hydrogen-bond acceptors (Lipinski definition) is 5. The first-order valence-corrected chi connectivity index (χ1v) is 8.98. The molecule has 6 nitrogen and oxygen atoms in total. The van der Waals surface area contributed by atoms with Crippen molar-refractivity contribution in [2.75, 3.05) is 10.6 Å². The Hall–Kier alpha value is -2.67. The summed E-state index contributed by atoms with van der Waals surface area (Å²) in [6.07, 6.45) is 7.69. The molecule has 0 saturated heterocycles. The van der Waals surface area contributed by atoms with Crippen molar-refractivity contribution in [1.29, 1.82) is 0 Å². The summed E-state index contributed by atoms with van der Waals surface area (Å²) in [5, 5.41) is 11.4. The van der Waals surface area contributed by atoms with Crippen LogP contribution in [0.4, 0.5) is 21.6 Å². The van der Waals surface area contributed by atoms with Crippen molar-refractivity contribution in [2.45, 2.75) is 44.7 Å². The van der Waals surface area contributed by atoms with Gasteiger partial charge in [-0.25, -0.2) is 13.9 Å². The predicted molar refractivity (Wildman–Crippen MR) is 101 cm³/mol. The molecule has 2 aromatic heterocycles. The highest BCUT2D eigenvalue weighted by Gasteiger charge is 2.19. The Morgan fingerprint density at radius 2 is 2.00 bits per heavy atom. The van der Waals surface area contributed by atoms with Crippen molar-refractivity contribution in [3.63, 3.8) is 0 Å². The van der Waals surface area contributed by atoms with Gasteiger partial charge >= 0.3 is 0 Å². The highest BCUT2D eigenvalue weighted by Crippen LogP contribution is 2.26. The van der Waals surface area contributed by atoms with Crippen LogP contribution >= 0.6 is 0 Å². The minimum atomic E-state index is -0.214. The molecule has 0 aliphatic heterocycles. The fourth-order valence-corrected chi connectivity index (χ4v) is 3.43. The fraction of sp³-hybridized carbons (Fsp3) is 0.368. The van der Waals surface area contributed by atoms with E-state index in [1.807, 2.05) is 12.3 Å². The largest absolute Gasteiger partial charge is 0.366 e. The molecule has 0 spiro atoms. The summed E-state index contributed by atoms with van der Waals surface area (Å²) in [5.41, 5.74) is 8.95. The number of anilines is 3. The predicted octanol–water partition coefficient (Wildman–Crippen LogP) is 3.60. The second kappa shape index (κ2) is 6.92. The highest BCUT2D eigenvalue weighted by molar-refractivity contribution is 5.76. The van der Waals surface area contributed by atoms with E-state index >= 15 is 0 Å². The van der Waals surface area contributed by atoms with Crippen molar-refractivity contribution in [3.05, 3.63) is 48.0 Å². The maximum Gasteiger partial charge on any atom is 0.177 e. The summed E-state index contributed by atoms with van der Waals surface area (Å²) < 4.78 is 15.3. The third kappa shape index (κ3) is 3.48. The number of rotatable bonds is 4. The molecule has 26 heavy (non-hydrogen) atoms. The van der Waals surface area contributed by atoms with E-state index in [0.29, 0.717) is 17.6 Å². The van der Waals surface area contributed by atoms with Crippen LogP contribution in [-0.4, -0.2) is 26.7 Å². The van der Waals surface area contributed by atoms with Gasteiger partial charge in [0.05, 0.1) is 5.69 Å². The monoisotopic (exact) mass is 354 g/mol. The third-order valence-electron chi connectivity index (χ3n) is 4.92. The summed E-state index contributed by atoms with van der Waals surface area (Å²) in [5.74, 6) is 0.575. The van der Waals surface area contributed by atoms with E-state index < -0.39 is 0 Å². The van der Waals surface area contributed by atoms with Crippen LogP contribution in [0.25, 0.3) is 5.65 Å². The van der Waals surface area contributed by atoms with Crippen LogP contribution in [0.2, 0.25) is 0 Å². The molecule has 1 aliphatic rings. The van der Waals surface area contributed by atoms with Gasteiger partial charge in [0.2, 0.25) is 0 Å². The molecule has 0 unspecified atom stereocenters. The molecular formula is C19H23FN6. The van der Waals surface area contributed by atoms with Crippen LogP contribution < -0.4 is 16.4 Å². The topological polar surface area (TPSA) is 80.3 Å². The van der Waals surface area contributed by atoms with Crippen molar-refractivity contribution in [1.82, 2.24) is 14.6 Å². The standard InChI is InChI=1S/C19H23FN6/c1-12-10-15(6-7-16(12)20)23-17-11-18(25-26-9-8-22-19(17)26)24-14-4-2-13(21)3-5-14/h6-11,13-14,23H,2-5,21H2,1H3,(H,24,25). The molecule has 1 aromatic carbocycles. The van der Waals surface area contributed by atoms with Gasteiger partial charge in [-0.1, -0.05) is 0 Å². The first-order valence-electron chi connectivity index (χ1n) is 8.98. The normalized spacial score (nSPS) is 20.3. The Kier molecular flexibility index (Phi) is 4.46. The number of aromatic nitrogens is 3. The Morgan fingerprint density at radius 3 is 2.77 bits per heavy atom. The molecule has 1 saturated carbocycles. The van der Waals surface area contributed by atoms with E-state index in [2.05, 4.69) is 20.7 Å². The first kappa shape index (κ1) is 16.8. The third-order valence-corrected chi connectivity index (χ3v) is 4.92. The van der Waals surface area contributed by atoms with Crippen LogP contribution in [0.1, 0.15) is 31.2 Å². The molecule has 2 heterocycles. The lowest BCUT2D eigenvalue weighted by Gasteiger charge is -2.27. The molecule has 0 radical (unpaired) electrons. The van der Waals surface area contributed by atoms with Gasteiger partial charge in [0.15, 0.2) is 5.65 Å². The lowest BCUT2D eigenvalue weighted by atomic mass is 9.92. The second-order valence-electron chi connectivity index (χ2n) is 6.98. The number of aryl methyl sites for hydroxylation is 1. The number of nitrogens with two attached hydrogens (primary N) is 1. The van der Waals surface area contributed by atoms with Crippen molar-refractivity contribution in [3.8, 4) is 0 Å². The van der Waals surface area contributed by atoms with Crippen LogP contribution in [0.5, 0.6) is 0 Å². The summed E-state index contributed by atoms with van der Waals surface area (Å²) in [7, 11) is 0. The Morgan fingerprint density at radius 1 is 1.19 bits per heavy atom. The van der Waals surface area contributed by atoms with Crippen LogP contribution in [0.3, 0.4) is 0 Å². The molecule has 136 valence electrons. The summed E-state index contributed by atoms with van der Waals surface area (Å²) in [6, 6.07) is 7.62. The van der Waals surface area contributed by atoms with Gasteiger partial charge < -0.3 is 16.4 Å². The van der Waals surface area contributed by atoms with E-state index in [1.54, 1.807) is 29.8 Å². The van der Waals surface area contributed by atoms with Crippen molar-refractivity contribution in [2.24, 2.45) is 5.73 Å². The second-order valence-corrected chi connectivity index (χ2v) is 6.98. The average molecular weight is 354 g/mol. The smallest absolute Gasteiger partial charge is 0.177 e. The molecule has 3 aromatic rings. The highest BCUT2D eigenvalue weighted by atomic mass is 19.1. The van der Waals surface area contributed by atoms with Crippen molar-refractivity contribution < 1.29 is 4.39 Å². The van der Waals surface area contributed by atoms with E-state index in [9.17, 15) is 4.39 Å². The van der Waals surface area contributed by atoms with Gasteiger partial charge in [-0.2, -0.15) is 0 Å². The van der Waals surface area contributed by atoms with Gasteiger partial charge in [-0.05, 0) is 56.4 Å². The van der Waals surface area contributed by atoms with Gasteiger partial charge in [-0.15, -0.1) is 5.10 Å². The number of fused-ring (bicyclic) bond motifs is 1. The first-order chi connectivity index (χ1) is 12.6. The lowest BCUT2D eigenvalue weighted by molar-refractivity contribution is 0.410. The van der Waals surface area contributed by atoms with Gasteiger partial charge in [-0.3, -0.25) is 0 Å². The molecule has 4 rings (SSSR count). The molecule has 4 N–H and O–H groups in total. The molecule has 0 atom stereocenters. The number of halogens is 1.